The van der Waals surface area contributed by atoms with Crippen LogP contribution in [0.1, 0.15) is 38.8 Å². The van der Waals surface area contributed by atoms with E-state index in [4.69, 9.17) is 9.52 Å². The summed E-state index contributed by atoms with van der Waals surface area (Å²) in [4.78, 5) is 9.58. The average Bonchev–Trinajstić information content (AvgIpc) is 3.24. The summed E-state index contributed by atoms with van der Waals surface area (Å²) in [5.41, 5.74) is 0.440. The van der Waals surface area contributed by atoms with E-state index in [0.717, 1.165) is 25.6 Å². The summed E-state index contributed by atoms with van der Waals surface area (Å²) in [6, 6.07) is 1.59. The Balaban J connectivity index is 1.51. The van der Waals surface area contributed by atoms with Gasteiger partial charge in [0.1, 0.15) is 12.0 Å². The third kappa shape index (κ3) is 6.68. The number of nitrogens with one attached hydrogen (secondary N) is 1. The summed E-state index contributed by atoms with van der Waals surface area (Å²) in [5.74, 6) is 1.27. The fourth-order valence-corrected chi connectivity index (χ4v) is 5.50. The van der Waals surface area contributed by atoms with Crippen molar-refractivity contribution in [2.45, 2.75) is 38.9 Å². The molecular formula is C20H36N6O3S. The van der Waals surface area contributed by atoms with Crippen LogP contribution in [0.3, 0.4) is 0 Å². The highest BCUT2D eigenvalue weighted by molar-refractivity contribution is 7.88. The van der Waals surface area contributed by atoms with Crippen molar-refractivity contribution in [3.63, 3.8) is 0 Å². The number of rotatable bonds is 8. The number of guanidine groups is 1. The van der Waals surface area contributed by atoms with Gasteiger partial charge in [-0.2, -0.15) is 4.31 Å². The Labute approximate surface area is 180 Å². The molecule has 9 nitrogen and oxygen atoms in total. The van der Waals surface area contributed by atoms with Crippen molar-refractivity contribution in [1.29, 1.82) is 0 Å². The maximum atomic E-state index is 12.6. The Kier molecular flexibility index (Phi) is 8.52. The average molecular weight is 441 g/mol. The number of piperazine rings is 1. The second-order valence-corrected chi connectivity index (χ2v) is 10.3. The van der Waals surface area contributed by atoms with Crippen LogP contribution in [0.2, 0.25) is 0 Å². The first kappa shape index (κ1) is 23.0. The lowest BCUT2D eigenvalue weighted by atomic mass is 10.1. The number of sulfonamides is 1. The molecule has 1 N–H and O–H groups in total. The highest BCUT2D eigenvalue weighted by Gasteiger charge is 2.29. The van der Waals surface area contributed by atoms with E-state index < -0.39 is 10.0 Å². The lowest BCUT2D eigenvalue weighted by Gasteiger charge is -2.36. The summed E-state index contributed by atoms with van der Waals surface area (Å²) in [7, 11) is -3.39. The molecule has 0 aliphatic carbocycles. The Hall–Kier alpha value is -1.65. The number of nitrogens with zero attached hydrogens (tertiary/aromatic N) is 5. The van der Waals surface area contributed by atoms with E-state index in [-0.39, 0.29) is 5.75 Å². The van der Waals surface area contributed by atoms with Gasteiger partial charge in [0.2, 0.25) is 10.0 Å². The number of aliphatic imine (C=N–C) groups is 1. The van der Waals surface area contributed by atoms with Crippen LogP contribution < -0.4 is 5.32 Å². The molecule has 1 aromatic rings. The first-order chi connectivity index (χ1) is 14.5. The van der Waals surface area contributed by atoms with E-state index in [1.165, 1.54) is 38.6 Å². The molecule has 2 aliphatic rings. The smallest absolute Gasteiger partial charge is 0.220 e. The molecule has 0 saturated carbocycles. The van der Waals surface area contributed by atoms with Gasteiger partial charge in [0.05, 0.1) is 5.69 Å². The van der Waals surface area contributed by atoms with Gasteiger partial charge in [0.25, 0.3) is 0 Å². The summed E-state index contributed by atoms with van der Waals surface area (Å²) in [6.07, 6.45) is 5.37. The molecule has 3 rings (SSSR count). The molecule has 0 spiro atoms. The minimum absolute atomic E-state index is 0.119. The molecular weight excluding hydrogens is 404 g/mol. The molecule has 30 heavy (non-hydrogen) atoms. The Morgan fingerprint density at radius 2 is 1.93 bits per heavy atom. The Morgan fingerprint density at radius 3 is 2.57 bits per heavy atom. The largest absolute Gasteiger partial charge is 0.364 e. The van der Waals surface area contributed by atoms with Crippen molar-refractivity contribution >= 4 is 16.0 Å². The van der Waals surface area contributed by atoms with Crippen LogP contribution >= 0.6 is 0 Å². The zero-order valence-electron chi connectivity index (χ0n) is 18.3. The minimum atomic E-state index is -3.39. The minimum Gasteiger partial charge on any atom is -0.364 e. The zero-order valence-corrected chi connectivity index (χ0v) is 19.1. The highest BCUT2D eigenvalue weighted by atomic mass is 32.2. The van der Waals surface area contributed by atoms with E-state index in [1.54, 1.807) is 10.4 Å². The number of hydrogen-bond acceptors (Lipinski definition) is 6. The summed E-state index contributed by atoms with van der Waals surface area (Å²) < 4.78 is 31.6. The molecule has 0 aromatic carbocycles. The van der Waals surface area contributed by atoms with Gasteiger partial charge in [-0.25, -0.2) is 8.42 Å². The maximum absolute atomic E-state index is 12.6. The van der Waals surface area contributed by atoms with Crippen LogP contribution in [0.4, 0.5) is 0 Å². The van der Waals surface area contributed by atoms with Crippen LogP contribution in [0, 0.1) is 5.92 Å². The fraction of sp³-hybridized carbons (Fsp3) is 0.800. The second kappa shape index (κ2) is 11.1. The molecule has 1 unspecified atom stereocenters. The van der Waals surface area contributed by atoms with E-state index >= 15 is 0 Å². The zero-order chi connectivity index (χ0) is 21.4. The third-order valence-corrected chi connectivity index (χ3v) is 7.47. The topological polar surface area (TPSA) is 94.3 Å². The molecule has 1 aromatic heterocycles. The molecule has 2 fully saturated rings. The van der Waals surface area contributed by atoms with Crippen molar-refractivity contribution in [2.24, 2.45) is 10.9 Å². The molecule has 170 valence electrons. The lowest BCUT2D eigenvalue weighted by molar-refractivity contribution is 0.202. The monoisotopic (exact) mass is 440 g/mol. The van der Waals surface area contributed by atoms with Crippen molar-refractivity contribution in [3.8, 4) is 0 Å². The molecule has 2 aliphatic heterocycles. The van der Waals surface area contributed by atoms with Crippen LogP contribution in [0.15, 0.2) is 21.8 Å². The van der Waals surface area contributed by atoms with Crippen molar-refractivity contribution < 1.29 is 12.9 Å². The van der Waals surface area contributed by atoms with E-state index in [0.29, 0.717) is 37.8 Å². The van der Waals surface area contributed by atoms with Gasteiger partial charge in [-0.3, -0.25) is 4.99 Å². The van der Waals surface area contributed by atoms with Gasteiger partial charge in [-0.15, -0.1) is 0 Å². The SMILES string of the molecule is CCNC(=NCC(C)CN1CCCCC1)N1CCN(S(=O)(=O)Cc2ccon2)CC1. The van der Waals surface area contributed by atoms with Crippen LogP contribution in [0.5, 0.6) is 0 Å². The fourth-order valence-electron chi connectivity index (χ4n) is 4.08. The van der Waals surface area contributed by atoms with Crippen LogP contribution in [-0.2, 0) is 15.8 Å². The van der Waals surface area contributed by atoms with Gasteiger partial charge in [-0.1, -0.05) is 18.5 Å². The first-order valence-corrected chi connectivity index (χ1v) is 12.7. The Bertz CT molecular complexity index is 754. The number of piperidine rings is 1. The Morgan fingerprint density at radius 1 is 1.20 bits per heavy atom. The second-order valence-electron chi connectivity index (χ2n) is 8.29. The first-order valence-electron chi connectivity index (χ1n) is 11.1. The van der Waals surface area contributed by atoms with Gasteiger partial charge in [0, 0.05) is 51.9 Å². The van der Waals surface area contributed by atoms with Gasteiger partial charge in [-0.05, 0) is 38.8 Å². The van der Waals surface area contributed by atoms with Crippen molar-refractivity contribution in [1.82, 2.24) is 24.6 Å². The summed E-state index contributed by atoms with van der Waals surface area (Å²) in [6.45, 7) is 11.6. The molecule has 10 heteroatoms. The van der Waals surface area contributed by atoms with E-state index in [1.807, 2.05) is 0 Å². The highest BCUT2D eigenvalue weighted by Crippen LogP contribution is 2.14. The van der Waals surface area contributed by atoms with Crippen molar-refractivity contribution in [3.05, 3.63) is 18.0 Å². The van der Waals surface area contributed by atoms with Gasteiger partial charge < -0.3 is 19.6 Å². The molecule has 2 saturated heterocycles. The number of likely N-dealkylation sites (tertiary alicyclic amines) is 1. The lowest BCUT2D eigenvalue weighted by Crippen LogP contribution is -2.54. The maximum Gasteiger partial charge on any atom is 0.220 e. The summed E-state index contributed by atoms with van der Waals surface area (Å²) in [5, 5.41) is 7.10. The van der Waals surface area contributed by atoms with E-state index in [2.05, 4.69) is 34.1 Å². The predicted molar refractivity (Wildman–Crippen MR) is 118 cm³/mol. The molecule has 3 heterocycles. The number of aromatic nitrogens is 1. The summed E-state index contributed by atoms with van der Waals surface area (Å²) >= 11 is 0. The van der Waals surface area contributed by atoms with E-state index in [9.17, 15) is 8.42 Å². The van der Waals surface area contributed by atoms with Gasteiger partial charge in [0.15, 0.2) is 5.96 Å². The van der Waals surface area contributed by atoms with Crippen molar-refractivity contribution in [2.75, 3.05) is 58.9 Å². The molecule has 0 radical (unpaired) electrons. The molecule has 0 bridgehead atoms. The quantitative estimate of drug-likeness (QED) is 0.480. The van der Waals surface area contributed by atoms with Crippen LogP contribution in [-0.4, -0.2) is 92.5 Å². The van der Waals surface area contributed by atoms with Gasteiger partial charge >= 0.3 is 0 Å². The molecule has 1 atom stereocenters. The third-order valence-electron chi connectivity index (χ3n) is 5.66. The normalized spacial score (nSPS) is 21.0. The molecule has 0 amide bonds. The number of hydrogen-bond donors (Lipinski definition) is 1. The predicted octanol–water partition coefficient (Wildman–Crippen LogP) is 1.21. The standard InChI is InChI=1S/C20H36N6O3S/c1-3-21-20(22-15-18(2)16-24-8-5-4-6-9-24)25-10-12-26(13-11-25)30(27,28)17-19-7-14-29-23-19/h7,14,18H,3-6,8-13,15-17H2,1-2H3,(H,21,22). The van der Waals surface area contributed by atoms with Crippen LogP contribution in [0.25, 0.3) is 0 Å².